The Kier molecular flexibility index (Phi) is 12.1. The highest BCUT2D eigenvalue weighted by molar-refractivity contribution is 5.99. The van der Waals surface area contributed by atoms with Crippen molar-refractivity contribution in [2.45, 2.75) is 32.4 Å². The number of esters is 1. The molecule has 8 nitrogen and oxygen atoms in total. The number of alkyl carbamates (subject to hydrolysis) is 1. The van der Waals surface area contributed by atoms with Gasteiger partial charge in [-0.1, -0.05) is 60.7 Å². The number of hydrogen-bond acceptors (Lipinski definition) is 6. The van der Waals surface area contributed by atoms with Crippen molar-refractivity contribution < 1.29 is 23.9 Å². The number of ether oxygens (including phenoxy) is 2. The summed E-state index contributed by atoms with van der Waals surface area (Å²) in [4.78, 5) is 36.7. The van der Waals surface area contributed by atoms with E-state index in [1.54, 1.807) is 31.2 Å². The van der Waals surface area contributed by atoms with E-state index in [4.69, 9.17) is 15.2 Å². The second-order valence-corrected chi connectivity index (χ2v) is 8.07. The smallest absolute Gasteiger partial charge is 0.407 e. The molecule has 0 saturated heterocycles. The Balaban J connectivity index is 0.00000481. The maximum atomic E-state index is 12.7. The number of halogens is 1. The summed E-state index contributed by atoms with van der Waals surface area (Å²) in [6, 6.07) is 23.0. The van der Waals surface area contributed by atoms with E-state index in [9.17, 15) is 14.4 Å². The SMILES string of the molecule is CCOC(=O)c1cccc(-c2ccccc2NC(=O)[C@@H](N)CCCNC(=O)OCc2ccccc2)c1.Cl. The lowest BCUT2D eigenvalue weighted by molar-refractivity contribution is -0.117. The van der Waals surface area contributed by atoms with Crippen molar-refractivity contribution in [1.29, 1.82) is 0 Å². The van der Waals surface area contributed by atoms with Crippen molar-refractivity contribution >= 4 is 36.1 Å². The van der Waals surface area contributed by atoms with Crippen LogP contribution in [0, 0.1) is 0 Å². The Bertz CT molecular complexity index is 1170. The van der Waals surface area contributed by atoms with Crippen molar-refractivity contribution in [1.82, 2.24) is 5.32 Å². The molecule has 0 aliphatic carbocycles. The quantitative estimate of drug-likeness (QED) is 0.241. The van der Waals surface area contributed by atoms with E-state index in [0.29, 0.717) is 30.6 Å². The normalized spacial score (nSPS) is 11.0. The van der Waals surface area contributed by atoms with Crippen LogP contribution in [-0.4, -0.2) is 37.2 Å². The zero-order valence-corrected chi connectivity index (χ0v) is 21.5. The number of carbonyl (C=O) groups excluding carboxylic acids is 3. The van der Waals surface area contributed by atoms with Crippen LogP contribution in [0.4, 0.5) is 10.5 Å². The molecule has 9 heteroatoms. The molecular formula is C28H32ClN3O5. The number of nitrogens with two attached hydrogens (primary N) is 1. The predicted molar refractivity (Wildman–Crippen MR) is 146 cm³/mol. The van der Waals surface area contributed by atoms with E-state index >= 15 is 0 Å². The maximum Gasteiger partial charge on any atom is 0.407 e. The van der Waals surface area contributed by atoms with E-state index in [1.165, 1.54) is 0 Å². The number of benzene rings is 3. The molecule has 0 saturated carbocycles. The highest BCUT2D eigenvalue weighted by Gasteiger charge is 2.16. The van der Waals surface area contributed by atoms with Crippen molar-refractivity contribution in [3.05, 3.63) is 90.0 Å². The molecule has 0 heterocycles. The molecule has 4 N–H and O–H groups in total. The molecule has 3 aromatic rings. The predicted octanol–water partition coefficient (Wildman–Crippen LogP) is 4.92. The summed E-state index contributed by atoms with van der Waals surface area (Å²) in [5.41, 5.74) is 9.53. The summed E-state index contributed by atoms with van der Waals surface area (Å²) in [6.07, 6.45) is 0.375. The highest BCUT2D eigenvalue weighted by Crippen LogP contribution is 2.29. The third-order valence-electron chi connectivity index (χ3n) is 5.38. The van der Waals surface area contributed by atoms with Gasteiger partial charge in [-0.15, -0.1) is 12.4 Å². The number of rotatable bonds is 11. The number of nitrogens with one attached hydrogen (secondary N) is 2. The highest BCUT2D eigenvalue weighted by atomic mass is 35.5. The average Bonchev–Trinajstić information content (AvgIpc) is 2.91. The monoisotopic (exact) mass is 525 g/mol. The van der Waals surface area contributed by atoms with Gasteiger partial charge in [-0.3, -0.25) is 4.79 Å². The summed E-state index contributed by atoms with van der Waals surface area (Å²) in [5, 5.41) is 5.54. The van der Waals surface area contributed by atoms with Crippen LogP contribution in [0.2, 0.25) is 0 Å². The fraction of sp³-hybridized carbons (Fsp3) is 0.250. The molecule has 0 bridgehead atoms. The molecular weight excluding hydrogens is 494 g/mol. The Labute approximate surface area is 222 Å². The molecule has 0 aliphatic heterocycles. The Morgan fingerprint density at radius 1 is 0.919 bits per heavy atom. The van der Waals surface area contributed by atoms with Gasteiger partial charge in [-0.2, -0.15) is 0 Å². The Hall–Kier alpha value is -3.88. The topological polar surface area (TPSA) is 120 Å². The Morgan fingerprint density at radius 3 is 2.41 bits per heavy atom. The lowest BCUT2D eigenvalue weighted by Gasteiger charge is -2.16. The second-order valence-electron chi connectivity index (χ2n) is 8.07. The minimum atomic E-state index is -0.758. The molecule has 0 unspecified atom stereocenters. The summed E-state index contributed by atoms with van der Waals surface area (Å²) >= 11 is 0. The third kappa shape index (κ3) is 9.25. The van der Waals surface area contributed by atoms with E-state index in [1.807, 2.05) is 54.6 Å². The van der Waals surface area contributed by atoms with Crippen molar-refractivity contribution in [2.75, 3.05) is 18.5 Å². The zero-order chi connectivity index (χ0) is 25.8. The first-order valence-electron chi connectivity index (χ1n) is 11.9. The third-order valence-corrected chi connectivity index (χ3v) is 5.38. The largest absolute Gasteiger partial charge is 0.462 e. The molecule has 2 amide bonds. The molecule has 37 heavy (non-hydrogen) atoms. The fourth-order valence-electron chi connectivity index (χ4n) is 3.52. The van der Waals surface area contributed by atoms with Crippen LogP contribution in [0.3, 0.4) is 0 Å². The van der Waals surface area contributed by atoms with Gasteiger partial charge in [0, 0.05) is 17.8 Å². The minimum Gasteiger partial charge on any atom is -0.462 e. The summed E-state index contributed by atoms with van der Waals surface area (Å²) in [7, 11) is 0. The first-order valence-corrected chi connectivity index (χ1v) is 11.9. The van der Waals surface area contributed by atoms with E-state index in [0.717, 1.165) is 16.7 Å². The van der Waals surface area contributed by atoms with Crippen LogP contribution in [0.25, 0.3) is 11.1 Å². The first kappa shape index (κ1) is 29.4. The molecule has 0 aromatic heterocycles. The number of amides is 2. The molecule has 0 aliphatic rings. The zero-order valence-electron chi connectivity index (χ0n) is 20.6. The molecule has 0 radical (unpaired) electrons. The summed E-state index contributed by atoms with van der Waals surface area (Å²) in [5.74, 6) is -0.740. The first-order chi connectivity index (χ1) is 17.5. The van der Waals surface area contributed by atoms with Gasteiger partial charge in [-0.25, -0.2) is 9.59 Å². The molecule has 3 aromatic carbocycles. The number of anilines is 1. The van der Waals surface area contributed by atoms with Crippen LogP contribution < -0.4 is 16.4 Å². The molecule has 0 fully saturated rings. The maximum absolute atomic E-state index is 12.7. The number of para-hydroxylation sites is 1. The fourth-order valence-corrected chi connectivity index (χ4v) is 3.52. The number of carbonyl (C=O) groups is 3. The molecule has 0 spiro atoms. The van der Waals surface area contributed by atoms with Crippen LogP contribution in [0.15, 0.2) is 78.9 Å². The van der Waals surface area contributed by atoms with Crippen LogP contribution in [0.1, 0.15) is 35.7 Å². The van der Waals surface area contributed by atoms with E-state index < -0.39 is 18.1 Å². The lowest BCUT2D eigenvalue weighted by atomic mass is 10.0. The van der Waals surface area contributed by atoms with Gasteiger partial charge >= 0.3 is 12.1 Å². The van der Waals surface area contributed by atoms with Gasteiger partial charge in [0.15, 0.2) is 0 Å². The standard InChI is InChI=1S/C28H31N3O5.ClH/c1-2-35-27(33)22-13-8-12-21(18-22)23-14-6-7-16-25(23)31-26(32)24(29)15-9-17-30-28(34)36-19-20-10-4-3-5-11-20;/h3-8,10-14,16,18,24H,2,9,15,17,19,29H2,1H3,(H,30,34)(H,31,32);1H/t24-;/m0./s1. The van der Waals surface area contributed by atoms with E-state index in [2.05, 4.69) is 10.6 Å². The minimum absolute atomic E-state index is 0. The lowest BCUT2D eigenvalue weighted by Crippen LogP contribution is -2.36. The van der Waals surface area contributed by atoms with Crippen molar-refractivity contribution in [3.8, 4) is 11.1 Å². The van der Waals surface area contributed by atoms with Crippen LogP contribution in [0.5, 0.6) is 0 Å². The molecule has 1 atom stereocenters. The molecule has 196 valence electrons. The Morgan fingerprint density at radius 2 is 1.65 bits per heavy atom. The van der Waals surface area contributed by atoms with Gasteiger partial charge in [-0.05, 0) is 49.1 Å². The van der Waals surface area contributed by atoms with Crippen molar-refractivity contribution in [3.63, 3.8) is 0 Å². The van der Waals surface area contributed by atoms with Gasteiger partial charge in [0.25, 0.3) is 0 Å². The van der Waals surface area contributed by atoms with Gasteiger partial charge in [0.2, 0.25) is 5.91 Å². The summed E-state index contributed by atoms with van der Waals surface area (Å²) in [6.45, 7) is 2.57. The van der Waals surface area contributed by atoms with Gasteiger partial charge < -0.3 is 25.8 Å². The van der Waals surface area contributed by atoms with Gasteiger partial charge in [0.1, 0.15) is 6.61 Å². The van der Waals surface area contributed by atoms with Crippen LogP contribution in [-0.2, 0) is 20.9 Å². The second kappa shape index (κ2) is 15.3. The number of hydrogen-bond donors (Lipinski definition) is 3. The summed E-state index contributed by atoms with van der Waals surface area (Å²) < 4.78 is 10.2. The van der Waals surface area contributed by atoms with E-state index in [-0.39, 0.29) is 31.5 Å². The van der Waals surface area contributed by atoms with Crippen LogP contribution >= 0.6 is 12.4 Å². The van der Waals surface area contributed by atoms with Crippen molar-refractivity contribution in [2.24, 2.45) is 5.73 Å². The average molecular weight is 526 g/mol. The molecule has 3 rings (SSSR count). The van der Waals surface area contributed by atoms with Gasteiger partial charge in [0.05, 0.1) is 18.2 Å².